The van der Waals surface area contributed by atoms with E-state index in [1.165, 1.54) is 35.4 Å². The summed E-state index contributed by atoms with van der Waals surface area (Å²) in [5.74, 6) is -0.101. The molecule has 0 radical (unpaired) electrons. The van der Waals surface area contributed by atoms with Gasteiger partial charge in [0.1, 0.15) is 0 Å². The molecular weight excluding hydrogens is 557 g/mol. The van der Waals surface area contributed by atoms with Gasteiger partial charge in [0.25, 0.3) is 0 Å². The third-order valence-electron chi connectivity index (χ3n) is 6.10. The quantitative estimate of drug-likeness (QED) is 0.0969. The number of anilines is 3. The molecule has 1 unspecified atom stereocenters. The number of nitrogens with one attached hydrogen (secondary N) is 3. The van der Waals surface area contributed by atoms with Crippen LogP contribution in [0.5, 0.6) is 0 Å². The highest BCUT2D eigenvalue weighted by Crippen LogP contribution is 2.30. The summed E-state index contributed by atoms with van der Waals surface area (Å²) < 4.78 is 0. The Hall–Kier alpha value is -4.05. The number of ketones is 1. The molecule has 0 bridgehead atoms. The first-order valence-electron chi connectivity index (χ1n) is 12.6. The van der Waals surface area contributed by atoms with Crippen LogP contribution in [0.25, 0.3) is 22.0 Å². The number of thiazole rings is 1. The number of fused-ring (bicyclic) bond motifs is 1. The van der Waals surface area contributed by atoms with Gasteiger partial charge in [-0.2, -0.15) is 0 Å². The van der Waals surface area contributed by atoms with Crippen molar-refractivity contribution in [3.63, 3.8) is 0 Å². The van der Waals surface area contributed by atoms with Crippen molar-refractivity contribution in [1.82, 2.24) is 4.98 Å². The lowest BCUT2D eigenvalue weighted by Gasteiger charge is -2.13. The topological polar surface area (TPSA) is 83.1 Å². The lowest BCUT2D eigenvalue weighted by Crippen LogP contribution is -2.22. The van der Waals surface area contributed by atoms with Crippen molar-refractivity contribution in [3.05, 3.63) is 102 Å². The minimum Gasteiger partial charge on any atom is -0.332 e. The molecule has 5 aromatic rings. The van der Waals surface area contributed by atoms with Crippen molar-refractivity contribution in [2.45, 2.75) is 24.0 Å². The second kappa shape index (κ2) is 12.4. The zero-order valence-corrected chi connectivity index (χ0v) is 24.3. The molecule has 4 aromatic carbocycles. The van der Waals surface area contributed by atoms with Crippen molar-refractivity contribution in [2.75, 3.05) is 16.0 Å². The van der Waals surface area contributed by atoms with E-state index in [1.54, 1.807) is 12.1 Å². The molecular formula is C31H26N4O2S3. The summed E-state index contributed by atoms with van der Waals surface area (Å²) >= 11 is 8.31. The standard InChI is InChI=1S/C31H26N4O2S3/c1-19(36)21-12-14-25(15-13-21)32-30(38)33-26-8-5-9-27(17-26)40-20(2)29(37)35-31-34-28(18-39-31)24-11-10-22-6-3-4-7-23(22)16-24/h3-18,20H,1-2H3,(H2,32,33,38)(H,34,35,37). The van der Waals surface area contributed by atoms with Gasteiger partial charge in [0.2, 0.25) is 5.91 Å². The van der Waals surface area contributed by atoms with Crippen LogP contribution in [-0.4, -0.2) is 27.0 Å². The predicted octanol–water partition coefficient (Wildman–Crippen LogP) is 8.09. The summed E-state index contributed by atoms with van der Waals surface area (Å²) in [4.78, 5) is 30.0. The maximum absolute atomic E-state index is 12.9. The minimum atomic E-state index is -0.340. The maximum Gasteiger partial charge on any atom is 0.239 e. The third kappa shape index (κ3) is 6.93. The smallest absolute Gasteiger partial charge is 0.239 e. The first-order chi connectivity index (χ1) is 19.3. The fourth-order valence-corrected chi connectivity index (χ4v) is 5.89. The molecule has 1 heterocycles. The number of Topliss-reactive ketones (excluding diaryl/α,β-unsaturated/α-hetero) is 1. The average molecular weight is 583 g/mol. The van der Waals surface area contributed by atoms with Crippen LogP contribution in [0.3, 0.4) is 0 Å². The summed E-state index contributed by atoms with van der Waals surface area (Å²) in [5, 5.41) is 14.2. The van der Waals surface area contributed by atoms with E-state index in [9.17, 15) is 9.59 Å². The van der Waals surface area contributed by atoms with E-state index in [0.717, 1.165) is 32.9 Å². The van der Waals surface area contributed by atoms with E-state index in [-0.39, 0.29) is 16.9 Å². The number of thioether (sulfide) groups is 1. The van der Waals surface area contributed by atoms with Crippen molar-refractivity contribution in [1.29, 1.82) is 0 Å². The van der Waals surface area contributed by atoms with E-state index >= 15 is 0 Å². The van der Waals surface area contributed by atoms with E-state index in [0.29, 0.717) is 15.8 Å². The molecule has 6 nitrogen and oxygen atoms in total. The summed E-state index contributed by atoms with van der Waals surface area (Å²) in [6.07, 6.45) is 0. The van der Waals surface area contributed by atoms with E-state index < -0.39 is 0 Å². The fourth-order valence-electron chi connectivity index (χ4n) is 4.01. The molecule has 5 rings (SSSR count). The molecule has 0 spiro atoms. The number of hydrogen-bond donors (Lipinski definition) is 3. The van der Waals surface area contributed by atoms with Crippen LogP contribution in [0.15, 0.2) is 101 Å². The Morgan fingerprint density at radius 3 is 2.38 bits per heavy atom. The zero-order valence-electron chi connectivity index (χ0n) is 21.8. The Labute approximate surface area is 246 Å². The third-order valence-corrected chi connectivity index (χ3v) is 8.16. The number of nitrogens with zero attached hydrogens (tertiary/aromatic N) is 1. The number of hydrogen-bond acceptors (Lipinski definition) is 6. The monoisotopic (exact) mass is 582 g/mol. The molecule has 9 heteroatoms. The molecule has 0 saturated heterocycles. The summed E-state index contributed by atoms with van der Waals surface area (Å²) in [6, 6.07) is 29.3. The van der Waals surface area contributed by atoms with E-state index in [4.69, 9.17) is 12.2 Å². The van der Waals surface area contributed by atoms with Crippen molar-refractivity contribution in [2.24, 2.45) is 0 Å². The Bertz CT molecular complexity index is 1700. The Balaban J connectivity index is 1.16. The molecule has 200 valence electrons. The number of carbonyl (C=O) groups is 2. The van der Waals surface area contributed by atoms with Gasteiger partial charge in [0, 0.05) is 32.8 Å². The molecule has 3 N–H and O–H groups in total. The van der Waals surface area contributed by atoms with Crippen LogP contribution in [0.2, 0.25) is 0 Å². The molecule has 0 fully saturated rings. The number of benzene rings is 4. The van der Waals surface area contributed by atoms with Crippen molar-refractivity contribution in [3.8, 4) is 11.3 Å². The van der Waals surface area contributed by atoms with Crippen molar-refractivity contribution >= 4 is 79.4 Å². The Morgan fingerprint density at radius 1 is 0.850 bits per heavy atom. The number of thiocarbonyl (C=S) groups is 1. The molecule has 0 saturated carbocycles. The molecule has 0 aliphatic rings. The number of rotatable bonds is 8. The van der Waals surface area contributed by atoms with Crippen LogP contribution in [0.1, 0.15) is 24.2 Å². The SMILES string of the molecule is CC(=O)c1ccc(NC(=S)Nc2cccc(SC(C)C(=O)Nc3nc(-c4ccc5ccccc5c4)cs3)c2)cc1. The first-order valence-corrected chi connectivity index (χ1v) is 14.7. The normalized spacial score (nSPS) is 11.6. The van der Waals surface area contributed by atoms with Crippen LogP contribution < -0.4 is 16.0 Å². The number of aromatic nitrogens is 1. The van der Waals surface area contributed by atoms with Gasteiger partial charge in [-0.05, 0) is 85.4 Å². The first kappa shape index (κ1) is 27.5. The van der Waals surface area contributed by atoms with Gasteiger partial charge in [-0.15, -0.1) is 23.1 Å². The molecule has 0 aliphatic carbocycles. The van der Waals surface area contributed by atoms with Gasteiger partial charge >= 0.3 is 0 Å². The lowest BCUT2D eigenvalue weighted by atomic mass is 10.1. The Kier molecular flexibility index (Phi) is 8.54. The van der Waals surface area contributed by atoms with E-state index in [2.05, 4.69) is 45.2 Å². The highest BCUT2D eigenvalue weighted by Gasteiger charge is 2.17. The van der Waals surface area contributed by atoms with Crippen LogP contribution in [0, 0.1) is 0 Å². The van der Waals surface area contributed by atoms with Gasteiger partial charge < -0.3 is 16.0 Å². The summed E-state index contributed by atoms with van der Waals surface area (Å²) in [6.45, 7) is 3.40. The highest BCUT2D eigenvalue weighted by molar-refractivity contribution is 8.00. The van der Waals surface area contributed by atoms with Crippen LogP contribution >= 0.6 is 35.3 Å². The van der Waals surface area contributed by atoms with Crippen LogP contribution in [-0.2, 0) is 4.79 Å². The lowest BCUT2D eigenvalue weighted by molar-refractivity contribution is -0.115. The zero-order chi connectivity index (χ0) is 28.1. The molecule has 40 heavy (non-hydrogen) atoms. The average Bonchev–Trinajstić information content (AvgIpc) is 3.41. The highest BCUT2D eigenvalue weighted by atomic mass is 32.2. The molecule has 1 atom stereocenters. The number of amides is 1. The van der Waals surface area contributed by atoms with Crippen molar-refractivity contribution < 1.29 is 9.59 Å². The van der Waals surface area contributed by atoms with Crippen LogP contribution in [0.4, 0.5) is 16.5 Å². The van der Waals surface area contributed by atoms with Gasteiger partial charge in [0.15, 0.2) is 16.0 Å². The second-order valence-corrected chi connectivity index (χ2v) is 11.8. The minimum absolute atomic E-state index is 0.0156. The maximum atomic E-state index is 12.9. The molecule has 1 amide bonds. The fraction of sp³-hybridized carbons (Fsp3) is 0.0968. The van der Waals surface area contributed by atoms with Gasteiger partial charge in [-0.1, -0.05) is 42.5 Å². The van der Waals surface area contributed by atoms with Gasteiger partial charge in [-0.25, -0.2) is 4.98 Å². The predicted molar refractivity (Wildman–Crippen MR) is 172 cm³/mol. The second-order valence-electron chi connectivity index (χ2n) is 9.09. The van der Waals surface area contributed by atoms with Gasteiger partial charge in [-0.3, -0.25) is 9.59 Å². The summed E-state index contributed by atoms with van der Waals surface area (Å²) in [5.41, 5.74) is 4.08. The largest absolute Gasteiger partial charge is 0.332 e. The number of carbonyl (C=O) groups excluding carboxylic acids is 2. The summed E-state index contributed by atoms with van der Waals surface area (Å²) in [7, 11) is 0. The molecule has 1 aromatic heterocycles. The Morgan fingerprint density at radius 2 is 1.60 bits per heavy atom. The molecule has 0 aliphatic heterocycles. The van der Waals surface area contributed by atoms with E-state index in [1.807, 2.05) is 66.9 Å². The van der Waals surface area contributed by atoms with Gasteiger partial charge in [0.05, 0.1) is 10.9 Å².